The molecule has 1 amide bonds. The Kier molecular flexibility index (Phi) is 4.27. The smallest absolute Gasteiger partial charge is 0.270 e. The predicted octanol–water partition coefficient (Wildman–Crippen LogP) is 2.62. The average molecular weight is 310 g/mol. The van der Waals surface area contributed by atoms with E-state index in [2.05, 4.69) is 24.1 Å². The van der Waals surface area contributed by atoms with Gasteiger partial charge in [-0.05, 0) is 30.7 Å². The molecule has 1 N–H and O–H groups in total. The molecule has 3 heterocycles. The number of amides is 1. The molecule has 3 rings (SSSR count). The molecular weight excluding hydrogens is 286 g/mol. The van der Waals surface area contributed by atoms with Gasteiger partial charge in [0.2, 0.25) is 0 Å². The minimum Gasteiger partial charge on any atom is -0.342 e. The number of aryl methyl sites for hydroxylation is 1. The Labute approximate surface area is 131 Å². The second-order valence-electron chi connectivity index (χ2n) is 6.25. The van der Waals surface area contributed by atoms with Gasteiger partial charge in [-0.15, -0.1) is 0 Å². The van der Waals surface area contributed by atoms with E-state index in [4.69, 9.17) is 11.6 Å². The summed E-state index contributed by atoms with van der Waals surface area (Å²) >= 11 is 6.12. The monoisotopic (exact) mass is 309 g/mol. The quantitative estimate of drug-likeness (QED) is 0.928. The van der Waals surface area contributed by atoms with E-state index in [-0.39, 0.29) is 5.91 Å². The Balaban J connectivity index is 1.85. The lowest BCUT2D eigenvalue weighted by atomic mass is 9.93. The number of carbonyl (C=O) groups is 1. The van der Waals surface area contributed by atoms with Crippen molar-refractivity contribution in [3.63, 3.8) is 0 Å². The van der Waals surface area contributed by atoms with E-state index in [9.17, 15) is 4.79 Å². The molecule has 1 aromatic heterocycles. The normalized spacial score (nSPS) is 28.1. The van der Waals surface area contributed by atoms with E-state index in [1.165, 1.54) is 0 Å². The number of halogens is 1. The van der Waals surface area contributed by atoms with Crippen LogP contribution in [-0.4, -0.2) is 41.1 Å². The fourth-order valence-electron chi connectivity index (χ4n) is 4.01. The maximum Gasteiger partial charge on any atom is 0.270 e. The summed E-state index contributed by atoms with van der Waals surface area (Å²) in [6.07, 6.45) is 3.90. The van der Waals surface area contributed by atoms with Crippen LogP contribution in [0.1, 0.15) is 37.2 Å². The van der Waals surface area contributed by atoms with Gasteiger partial charge in [-0.2, -0.15) is 0 Å². The van der Waals surface area contributed by atoms with Crippen molar-refractivity contribution < 1.29 is 4.79 Å². The van der Waals surface area contributed by atoms with Crippen molar-refractivity contribution >= 4 is 17.5 Å². The maximum absolute atomic E-state index is 13.0. The number of nitrogens with zero attached hydrogens (tertiary/aromatic N) is 2. The minimum absolute atomic E-state index is 0.150. The zero-order valence-corrected chi connectivity index (χ0v) is 13.6. The third kappa shape index (κ3) is 2.59. The molecule has 2 fully saturated rings. The van der Waals surface area contributed by atoms with Crippen molar-refractivity contribution in [3.8, 4) is 0 Å². The summed E-state index contributed by atoms with van der Waals surface area (Å²) in [6, 6.07) is 2.18. The van der Waals surface area contributed by atoms with Crippen LogP contribution in [0.5, 0.6) is 0 Å². The highest BCUT2D eigenvalue weighted by atomic mass is 35.5. The molecule has 2 aliphatic rings. The molecule has 21 heavy (non-hydrogen) atoms. The Morgan fingerprint density at radius 3 is 2.95 bits per heavy atom. The van der Waals surface area contributed by atoms with Gasteiger partial charge in [0.05, 0.1) is 5.02 Å². The van der Waals surface area contributed by atoms with Crippen LogP contribution >= 0.6 is 11.6 Å². The average Bonchev–Trinajstić information content (AvgIpc) is 3.12. The number of likely N-dealkylation sites (tertiary alicyclic amines) is 1. The minimum atomic E-state index is 0.150. The van der Waals surface area contributed by atoms with Crippen molar-refractivity contribution in [2.45, 2.75) is 39.3 Å². The first-order valence-corrected chi connectivity index (χ1v) is 8.40. The van der Waals surface area contributed by atoms with Crippen LogP contribution in [-0.2, 0) is 6.54 Å². The van der Waals surface area contributed by atoms with Gasteiger partial charge in [0.15, 0.2) is 0 Å². The number of hydrogen-bond donors (Lipinski definition) is 1. The highest BCUT2D eigenvalue weighted by Crippen LogP contribution is 2.35. The molecule has 4 nitrogen and oxygen atoms in total. The fraction of sp³-hybridized carbons (Fsp3) is 0.688. The zero-order chi connectivity index (χ0) is 15.0. The molecule has 3 unspecified atom stereocenters. The van der Waals surface area contributed by atoms with Crippen molar-refractivity contribution in [1.82, 2.24) is 14.8 Å². The maximum atomic E-state index is 13.0. The van der Waals surface area contributed by atoms with E-state index >= 15 is 0 Å². The van der Waals surface area contributed by atoms with E-state index in [1.807, 2.05) is 16.8 Å². The first kappa shape index (κ1) is 14.9. The van der Waals surface area contributed by atoms with Gasteiger partial charge in [-0.3, -0.25) is 4.79 Å². The molecule has 2 aliphatic heterocycles. The number of fused-ring (bicyclic) bond motifs is 1. The van der Waals surface area contributed by atoms with Gasteiger partial charge in [-0.25, -0.2) is 0 Å². The summed E-state index contributed by atoms with van der Waals surface area (Å²) in [5.74, 6) is 1.38. The van der Waals surface area contributed by atoms with E-state index in [0.717, 1.165) is 44.7 Å². The fourth-order valence-corrected chi connectivity index (χ4v) is 4.23. The van der Waals surface area contributed by atoms with Crippen LogP contribution in [0.2, 0.25) is 5.02 Å². The summed E-state index contributed by atoms with van der Waals surface area (Å²) in [7, 11) is 0. The molecule has 3 atom stereocenters. The van der Waals surface area contributed by atoms with Crippen molar-refractivity contribution in [2.75, 3.05) is 19.6 Å². The molecule has 5 heteroatoms. The summed E-state index contributed by atoms with van der Waals surface area (Å²) in [5.41, 5.74) is 0.744. The molecule has 2 saturated heterocycles. The lowest BCUT2D eigenvalue weighted by molar-refractivity contribution is 0.0700. The molecular formula is C16H24ClN3O. The Bertz CT molecular complexity index is 528. The number of nitrogens with one attached hydrogen (secondary N) is 1. The molecule has 0 bridgehead atoms. The molecule has 116 valence electrons. The second kappa shape index (κ2) is 6.01. The van der Waals surface area contributed by atoms with Crippen LogP contribution in [0, 0.1) is 11.8 Å². The molecule has 1 aromatic rings. The standard InChI is InChI=1S/C16H24ClN3O/c1-3-5-19-10-12(17)6-15(19)16(21)20-9-11-7-18-8-13(11)14(20)4-2/h6,10-11,13-14,18H,3-5,7-9H2,1-2H3. The van der Waals surface area contributed by atoms with E-state index in [1.54, 1.807) is 0 Å². The summed E-state index contributed by atoms with van der Waals surface area (Å²) in [4.78, 5) is 15.1. The van der Waals surface area contributed by atoms with Crippen LogP contribution in [0.25, 0.3) is 0 Å². The zero-order valence-electron chi connectivity index (χ0n) is 12.8. The first-order chi connectivity index (χ1) is 10.2. The summed E-state index contributed by atoms with van der Waals surface area (Å²) < 4.78 is 2.00. The van der Waals surface area contributed by atoms with E-state index < -0.39 is 0 Å². The molecule has 0 spiro atoms. The SMILES string of the molecule is CCCn1cc(Cl)cc1C(=O)N1CC2CNCC2C1CC. The van der Waals surface area contributed by atoms with Crippen molar-refractivity contribution in [2.24, 2.45) is 11.8 Å². The Morgan fingerprint density at radius 1 is 1.43 bits per heavy atom. The van der Waals surface area contributed by atoms with Crippen molar-refractivity contribution in [1.29, 1.82) is 0 Å². The summed E-state index contributed by atoms with van der Waals surface area (Å²) in [6.45, 7) is 8.11. The van der Waals surface area contributed by atoms with Crippen LogP contribution < -0.4 is 5.32 Å². The third-order valence-corrected chi connectivity index (χ3v) is 5.15. The highest BCUT2D eigenvalue weighted by Gasteiger charge is 2.45. The summed E-state index contributed by atoms with van der Waals surface area (Å²) in [5, 5.41) is 4.11. The van der Waals surface area contributed by atoms with Crippen LogP contribution in [0.15, 0.2) is 12.3 Å². The number of hydrogen-bond acceptors (Lipinski definition) is 2. The van der Waals surface area contributed by atoms with E-state index in [0.29, 0.717) is 22.9 Å². The number of rotatable bonds is 4. The van der Waals surface area contributed by atoms with Crippen LogP contribution in [0.3, 0.4) is 0 Å². The second-order valence-corrected chi connectivity index (χ2v) is 6.69. The number of aromatic nitrogens is 1. The molecule has 0 saturated carbocycles. The third-order valence-electron chi connectivity index (χ3n) is 4.94. The first-order valence-electron chi connectivity index (χ1n) is 8.03. The Morgan fingerprint density at radius 2 is 2.24 bits per heavy atom. The van der Waals surface area contributed by atoms with Gasteiger partial charge >= 0.3 is 0 Å². The molecule has 0 aliphatic carbocycles. The van der Waals surface area contributed by atoms with Gasteiger partial charge in [0, 0.05) is 38.4 Å². The van der Waals surface area contributed by atoms with Gasteiger partial charge in [0.25, 0.3) is 5.91 Å². The predicted molar refractivity (Wildman–Crippen MR) is 84.7 cm³/mol. The lowest BCUT2D eigenvalue weighted by Crippen LogP contribution is -2.40. The molecule has 0 radical (unpaired) electrons. The molecule has 0 aromatic carbocycles. The van der Waals surface area contributed by atoms with Gasteiger partial charge in [-0.1, -0.05) is 25.4 Å². The van der Waals surface area contributed by atoms with Gasteiger partial charge in [0.1, 0.15) is 5.69 Å². The Hall–Kier alpha value is -1.00. The van der Waals surface area contributed by atoms with Crippen LogP contribution in [0.4, 0.5) is 0 Å². The highest BCUT2D eigenvalue weighted by molar-refractivity contribution is 6.31. The number of carbonyl (C=O) groups excluding carboxylic acids is 1. The topological polar surface area (TPSA) is 37.3 Å². The van der Waals surface area contributed by atoms with Crippen molar-refractivity contribution in [3.05, 3.63) is 23.0 Å². The van der Waals surface area contributed by atoms with Gasteiger partial charge < -0.3 is 14.8 Å². The lowest BCUT2D eigenvalue weighted by Gasteiger charge is -2.27. The largest absolute Gasteiger partial charge is 0.342 e.